The number of carbonyl (C=O) groups is 1. The van der Waals surface area contributed by atoms with Gasteiger partial charge in [-0.3, -0.25) is 4.79 Å². The lowest BCUT2D eigenvalue weighted by molar-refractivity contribution is -0.218. The summed E-state index contributed by atoms with van der Waals surface area (Å²) in [6.45, 7) is 14.5. The third-order valence-electron chi connectivity index (χ3n) is 5.13. The first-order chi connectivity index (χ1) is 10.4. The van der Waals surface area contributed by atoms with Gasteiger partial charge in [0.15, 0.2) is 0 Å². The maximum atomic E-state index is 12.7. The highest BCUT2D eigenvalue weighted by molar-refractivity contribution is 7.31. The number of hydrogen-bond acceptors (Lipinski definition) is 5. The Hall–Kier alpha value is -0.550. The van der Waals surface area contributed by atoms with E-state index in [9.17, 15) is 9.36 Å². The molecule has 0 aromatic heterocycles. The Balaban J connectivity index is 4.94. The summed E-state index contributed by atoms with van der Waals surface area (Å²) in [4.78, 5) is 25.7. The van der Waals surface area contributed by atoms with Gasteiger partial charge in [0.05, 0.1) is 10.1 Å². The molecule has 0 radical (unpaired) electrons. The van der Waals surface area contributed by atoms with Crippen molar-refractivity contribution in [3.8, 4) is 0 Å². The zero-order valence-electron chi connectivity index (χ0n) is 15.5. The van der Waals surface area contributed by atoms with E-state index in [2.05, 4.69) is 51.1 Å². The van der Waals surface area contributed by atoms with Crippen LogP contribution in [0.2, 0.25) is 0 Å². The minimum absolute atomic E-state index is 0.0229. The van der Waals surface area contributed by atoms with E-state index in [1.807, 2.05) is 6.92 Å². The predicted molar refractivity (Wildman–Crippen MR) is 88.7 cm³/mol. The van der Waals surface area contributed by atoms with Crippen LogP contribution in [0.15, 0.2) is 0 Å². The molecule has 0 saturated carbocycles. The average molecular weight is 351 g/mol. The second-order valence-corrected chi connectivity index (χ2v) is 8.16. The molecule has 0 aromatic rings. The van der Waals surface area contributed by atoms with Crippen LogP contribution in [0.25, 0.3) is 0 Å². The van der Waals surface area contributed by atoms with Crippen LogP contribution in [0, 0.1) is 16.2 Å². The summed E-state index contributed by atoms with van der Waals surface area (Å²) in [5.74, 6) is -0.275. The normalized spacial score (nSPS) is 15.9. The molecule has 2 atom stereocenters. The van der Waals surface area contributed by atoms with Crippen LogP contribution in [0.1, 0.15) is 67.7 Å². The molecule has 0 rings (SSSR count). The van der Waals surface area contributed by atoms with E-state index in [0.717, 1.165) is 19.3 Å². The third-order valence-corrected chi connectivity index (χ3v) is 5.37. The zero-order valence-corrected chi connectivity index (χ0v) is 16.4. The molecule has 0 amide bonds. The summed E-state index contributed by atoms with van der Waals surface area (Å²) in [6.07, 6.45) is 2.54. The SMILES string of the molecule is CCC(C)(C)CC(C)(C(=O)OCCOO[P+](=O)O)C(C)(C)CC. The monoisotopic (exact) mass is 351 g/mol. The summed E-state index contributed by atoms with van der Waals surface area (Å²) in [5, 5.41) is 0. The molecule has 7 heteroatoms. The van der Waals surface area contributed by atoms with E-state index >= 15 is 0 Å². The van der Waals surface area contributed by atoms with E-state index in [4.69, 9.17) is 9.63 Å². The number of ether oxygens (including phenoxy) is 1. The molecule has 0 aliphatic rings. The van der Waals surface area contributed by atoms with Gasteiger partial charge in [-0.2, -0.15) is 4.89 Å². The predicted octanol–water partition coefficient (Wildman–Crippen LogP) is 4.40. The Labute approximate surface area is 140 Å². The van der Waals surface area contributed by atoms with Crippen LogP contribution in [0.4, 0.5) is 0 Å². The second-order valence-electron chi connectivity index (χ2n) is 7.53. The smallest absolute Gasteiger partial charge is 0.463 e. The highest BCUT2D eigenvalue weighted by atomic mass is 31.1. The molecule has 0 aliphatic heterocycles. The number of hydrogen-bond donors (Lipinski definition) is 1. The van der Waals surface area contributed by atoms with Crippen LogP contribution >= 0.6 is 8.25 Å². The van der Waals surface area contributed by atoms with Crippen LogP contribution in [0.5, 0.6) is 0 Å². The lowest BCUT2D eigenvalue weighted by Gasteiger charge is -2.45. The summed E-state index contributed by atoms with van der Waals surface area (Å²) in [7, 11) is -2.81. The number of carbonyl (C=O) groups excluding carboxylic acids is 1. The molecule has 0 saturated heterocycles. The fourth-order valence-electron chi connectivity index (χ4n) is 2.47. The van der Waals surface area contributed by atoms with E-state index in [1.165, 1.54) is 0 Å². The first-order valence-electron chi connectivity index (χ1n) is 8.05. The Morgan fingerprint density at radius 3 is 2.04 bits per heavy atom. The number of rotatable bonds is 11. The lowest BCUT2D eigenvalue weighted by Crippen LogP contribution is -2.46. The fourth-order valence-corrected chi connectivity index (χ4v) is 2.63. The van der Waals surface area contributed by atoms with E-state index in [0.29, 0.717) is 0 Å². The molecule has 0 spiro atoms. The molecule has 23 heavy (non-hydrogen) atoms. The van der Waals surface area contributed by atoms with E-state index in [1.54, 1.807) is 0 Å². The lowest BCUT2D eigenvalue weighted by atomic mass is 9.58. The van der Waals surface area contributed by atoms with Gasteiger partial charge in [-0.25, -0.2) is 0 Å². The molecule has 1 N–H and O–H groups in total. The molecule has 6 nitrogen and oxygen atoms in total. The first-order valence-corrected chi connectivity index (χ1v) is 9.18. The Bertz CT molecular complexity index is 407. The summed E-state index contributed by atoms with van der Waals surface area (Å²) in [6, 6.07) is 0. The van der Waals surface area contributed by atoms with Crippen LogP contribution < -0.4 is 0 Å². The van der Waals surface area contributed by atoms with Crippen molar-refractivity contribution in [3.05, 3.63) is 0 Å². The molecule has 0 bridgehead atoms. The summed E-state index contributed by atoms with van der Waals surface area (Å²) >= 11 is 0. The van der Waals surface area contributed by atoms with E-state index in [-0.39, 0.29) is 30.0 Å². The summed E-state index contributed by atoms with van der Waals surface area (Å²) in [5.41, 5.74) is -0.832. The summed E-state index contributed by atoms with van der Waals surface area (Å²) < 4.78 is 19.7. The van der Waals surface area contributed by atoms with Crippen LogP contribution in [-0.2, 0) is 23.7 Å². The van der Waals surface area contributed by atoms with Crippen molar-refractivity contribution in [2.24, 2.45) is 16.2 Å². The van der Waals surface area contributed by atoms with Gasteiger partial charge in [0.1, 0.15) is 13.2 Å². The standard InChI is InChI=1S/C16H31O6P/c1-8-14(3,4)12-16(7,15(5,6)9-2)13(17)20-10-11-21-22-23(18)19/h8-12H2,1-7H3/p+1. The molecule has 0 fully saturated rings. The maximum absolute atomic E-state index is 12.7. The van der Waals surface area contributed by atoms with Gasteiger partial charge < -0.3 is 4.74 Å². The topological polar surface area (TPSA) is 82.1 Å². The Morgan fingerprint density at radius 1 is 1.04 bits per heavy atom. The highest BCUT2D eigenvalue weighted by Gasteiger charge is 2.49. The van der Waals surface area contributed by atoms with Crippen molar-refractivity contribution in [3.63, 3.8) is 0 Å². The molecule has 2 unspecified atom stereocenters. The molecule has 0 aromatic carbocycles. The van der Waals surface area contributed by atoms with Crippen LogP contribution in [0.3, 0.4) is 0 Å². The molecular formula is C16H32O6P+. The quantitative estimate of drug-likeness (QED) is 0.195. The fraction of sp³-hybridized carbons (Fsp3) is 0.938. The minimum atomic E-state index is -2.81. The average Bonchev–Trinajstić information content (AvgIpc) is 2.45. The minimum Gasteiger partial charge on any atom is -0.463 e. The Kier molecular flexibility index (Phi) is 8.85. The Morgan fingerprint density at radius 2 is 1.61 bits per heavy atom. The van der Waals surface area contributed by atoms with Crippen molar-refractivity contribution >= 4 is 14.2 Å². The van der Waals surface area contributed by atoms with Gasteiger partial charge >= 0.3 is 14.2 Å². The molecule has 0 aliphatic carbocycles. The van der Waals surface area contributed by atoms with Gasteiger partial charge in [0, 0.05) is 4.57 Å². The zero-order chi connectivity index (χ0) is 18.3. The van der Waals surface area contributed by atoms with Crippen LogP contribution in [-0.4, -0.2) is 24.1 Å². The largest absolute Gasteiger partial charge is 0.725 e. The van der Waals surface area contributed by atoms with Gasteiger partial charge in [-0.15, -0.1) is 4.89 Å². The third kappa shape index (κ3) is 6.84. The van der Waals surface area contributed by atoms with Gasteiger partial charge in [-0.05, 0) is 30.6 Å². The van der Waals surface area contributed by atoms with Crippen molar-refractivity contribution in [1.29, 1.82) is 0 Å². The van der Waals surface area contributed by atoms with E-state index < -0.39 is 13.7 Å². The molecule has 136 valence electrons. The highest BCUT2D eigenvalue weighted by Crippen LogP contribution is 2.50. The maximum Gasteiger partial charge on any atom is 0.725 e. The van der Waals surface area contributed by atoms with Crippen molar-refractivity contribution < 1.29 is 28.6 Å². The number of esters is 1. The molecule has 0 heterocycles. The first kappa shape index (κ1) is 22.4. The van der Waals surface area contributed by atoms with Crippen molar-refractivity contribution in [2.45, 2.75) is 67.7 Å². The van der Waals surface area contributed by atoms with Gasteiger partial charge in [0.2, 0.25) is 0 Å². The van der Waals surface area contributed by atoms with Gasteiger partial charge in [0.25, 0.3) is 0 Å². The van der Waals surface area contributed by atoms with Crippen molar-refractivity contribution in [1.82, 2.24) is 0 Å². The molecular weight excluding hydrogens is 319 g/mol. The van der Waals surface area contributed by atoms with Gasteiger partial charge in [-0.1, -0.05) is 48.0 Å². The second kappa shape index (κ2) is 9.07. The van der Waals surface area contributed by atoms with Crippen molar-refractivity contribution in [2.75, 3.05) is 13.2 Å².